The molecule has 0 unspecified atom stereocenters. The molecule has 0 bridgehead atoms. The lowest BCUT2D eigenvalue weighted by atomic mass is 9.93. The number of carbonyl (C=O) groups excluding carboxylic acids is 1. The Hall–Kier alpha value is -3.63. The molecular weight excluding hydrogens is 404 g/mol. The third kappa shape index (κ3) is 3.53. The first-order valence-corrected chi connectivity index (χ1v) is 10.9. The molecule has 2 aliphatic rings. The van der Waals surface area contributed by atoms with E-state index >= 15 is 0 Å². The number of fused-ring (bicyclic) bond motifs is 3. The molecule has 0 radical (unpaired) electrons. The smallest absolute Gasteiger partial charge is 0.255 e. The first-order valence-electron chi connectivity index (χ1n) is 10.9. The van der Waals surface area contributed by atoms with Gasteiger partial charge in [-0.1, -0.05) is 12.1 Å². The van der Waals surface area contributed by atoms with Crippen molar-refractivity contribution < 1.29 is 14.6 Å². The highest BCUT2D eigenvalue weighted by Crippen LogP contribution is 2.42. The van der Waals surface area contributed by atoms with Crippen molar-refractivity contribution in [3.63, 3.8) is 0 Å². The van der Waals surface area contributed by atoms with Crippen molar-refractivity contribution in [1.82, 2.24) is 15.5 Å². The number of ether oxygens (including phenoxy) is 1. The van der Waals surface area contributed by atoms with E-state index in [4.69, 9.17) is 10.00 Å². The van der Waals surface area contributed by atoms with E-state index in [9.17, 15) is 9.90 Å². The van der Waals surface area contributed by atoms with Gasteiger partial charge in [0, 0.05) is 29.2 Å². The second-order valence-corrected chi connectivity index (χ2v) is 8.48. The number of benzene rings is 2. The molecule has 162 valence electrons. The average molecular weight is 428 g/mol. The molecule has 5 rings (SSSR count). The van der Waals surface area contributed by atoms with Gasteiger partial charge in [0.2, 0.25) is 0 Å². The van der Waals surface area contributed by atoms with Gasteiger partial charge >= 0.3 is 0 Å². The van der Waals surface area contributed by atoms with Crippen LogP contribution in [0, 0.1) is 11.3 Å². The molecule has 32 heavy (non-hydrogen) atoms. The Bertz CT molecular complexity index is 1220. The van der Waals surface area contributed by atoms with Gasteiger partial charge in [-0.3, -0.25) is 9.89 Å². The topological polar surface area (TPSA) is 111 Å². The minimum Gasteiger partial charge on any atom is -0.496 e. The van der Waals surface area contributed by atoms with E-state index in [1.54, 1.807) is 19.2 Å². The quantitative estimate of drug-likeness (QED) is 0.460. The molecule has 0 spiro atoms. The number of nitrogens with zero attached hydrogens (tertiary/aromatic N) is 2. The summed E-state index contributed by atoms with van der Waals surface area (Å²) in [7, 11) is 1.57. The summed E-state index contributed by atoms with van der Waals surface area (Å²) in [6, 6.07) is 13.4. The van der Waals surface area contributed by atoms with Crippen molar-refractivity contribution in [2.75, 3.05) is 7.11 Å². The van der Waals surface area contributed by atoms with E-state index in [-0.39, 0.29) is 18.1 Å². The van der Waals surface area contributed by atoms with Gasteiger partial charge in [0.25, 0.3) is 5.91 Å². The number of hydrogen-bond donors (Lipinski definition) is 3. The Kier molecular flexibility index (Phi) is 5.16. The van der Waals surface area contributed by atoms with Gasteiger partial charge < -0.3 is 15.2 Å². The number of hydrogen-bond acceptors (Lipinski definition) is 5. The molecule has 2 aromatic carbocycles. The van der Waals surface area contributed by atoms with Gasteiger partial charge in [0.05, 0.1) is 41.8 Å². The molecule has 3 N–H and O–H groups in total. The van der Waals surface area contributed by atoms with Crippen LogP contribution >= 0.6 is 0 Å². The van der Waals surface area contributed by atoms with Crippen LogP contribution in [-0.4, -0.2) is 40.5 Å². The molecule has 7 nitrogen and oxygen atoms in total. The van der Waals surface area contributed by atoms with Gasteiger partial charge in [-0.25, -0.2) is 0 Å². The van der Waals surface area contributed by atoms with Crippen molar-refractivity contribution in [3.8, 4) is 34.3 Å². The standard InChI is InChI=1S/C25H24N4O3/c1-32-22-12-19-16(10-20(22)25(31)27-17-6-8-18(30)9-7-17)11-21-23(28-29-24(19)21)15-4-2-14(13-26)3-5-15/h2-5,10,12,17-18,30H,6-9,11H2,1H3,(H,27,31)(H,28,29). The number of aromatic nitrogens is 2. The minimum atomic E-state index is -0.259. The summed E-state index contributed by atoms with van der Waals surface area (Å²) in [6.45, 7) is 0. The highest BCUT2D eigenvalue weighted by atomic mass is 16.5. The number of nitriles is 1. The second-order valence-electron chi connectivity index (χ2n) is 8.48. The summed E-state index contributed by atoms with van der Waals surface area (Å²) >= 11 is 0. The SMILES string of the molecule is COc1cc2c(cc1C(=O)NC1CCC(O)CC1)Cc1c(-c3ccc(C#N)cc3)n[nH]c1-2. The molecule has 1 heterocycles. The van der Waals surface area contributed by atoms with Gasteiger partial charge in [-0.05, 0) is 55.5 Å². The Morgan fingerprint density at radius 3 is 2.66 bits per heavy atom. The lowest BCUT2D eigenvalue weighted by Crippen LogP contribution is -2.38. The number of H-pyrrole nitrogens is 1. The normalized spacial score (nSPS) is 19.0. The maximum Gasteiger partial charge on any atom is 0.255 e. The Labute approximate surface area is 186 Å². The molecule has 7 heteroatoms. The third-order valence-electron chi connectivity index (χ3n) is 6.49. The van der Waals surface area contributed by atoms with Crippen LogP contribution in [0.15, 0.2) is 36.4 Å². The van der Waals surface area contributed by atoms with Crippen LogP contribution in [0.1, 0.15) is 52.7 Å². The van der Waals surface area contributed by atoms with Crippen molar-refractivity contribution in [3.05, 3.63) is 58.7 Å². The average Bonchev–Trinajstić information content (AvgIpc) is 3.38. The van der Waals surface area contributed by atoms with Crippen LogP contribution in [0.25, 0.3) is 22.5 Å². The summed E-state index contributed by atoms with van der Waals surface area (Å²) in [5.74, 6) is 0.381. The number of aliphatic hydroxyl groups excluding tert-OH is 1. The molecule has 0 saturated heterocycles. The number of carbonyl (C=O) groups is 1. The summed E-state index contributed by atoms with van der Waals surface area (Å²) < 4.78 is 5.56. The number of nitrogens with one attached hydrogen (secondary N) is 2. The largest absolute Gasteiger partial charge is 0.496 e. The van der Waals surface area contributed by atoms with E-state index in [0.717, 1.165) is 46.5 Å². The zero-order valence-electron chi connectivity index (χ0n) is 17.8. The van der Waals surface area contributed by atoms with E-state index < -0.39 is 0 Å². The van der Waals surface area contributed by atoms with Crippen molar-refractivity contribution in [1.29, 1.82) is 5.26 Å². The number of rotatable bonds is 4. The zero-order valence-corrected chi connectivity index (χ0v) is 17.8. The van der Waals surface area contributed by atoms with Crippen LogP contribution in [0.3, 0.4) is 0 Å². The number of methoxy groups -OCH3 is 1. The van der Waals surface area contributed by atoms with Crippen molar-refractivity contribution in [2.45, 2.75) is 44.2 Å². The number of aromatic amines is 1. The molecule has 1 amide bonds. The first-order chi connectivity index (χ1) is 15.6. The monoisotopic (exact) mass is 428 g/mol. The molecule has 1 aromatic heterocycles. The van der Waals surface area contributed by atoms with E-state index in [2.05, 4.69) is 21.6 Å². The summed E-state index contributed by atoms with van der Waals surface area (Å²) in [5.41, 5.74) is 6.98. The van der Waals surface area contributed by atoms with E-state index in [0.29, 0.717) is 36.1 Å². The molecule has 1 saturated carbocycles. The molecule has 2 aliphatic carbocycles. The first kappa shape index (κ1) is 20.3. The lowest BCUT2D eigenvalue weighted by Gasteiger charge is -2.26. The van der Waals surface area contributed by atoms with Crippen molar-refractivity contribution in [2.24, 2.45) is 0 Å². The Morgan fingerprint density at radius 1 is 1.22 bits per heavy atom. The minimum absolute atomic E-state index is 0.0729. The van der Waals surface area contributed by atoms with Gasteiger partial charge in [-0.2, -0.15) is 10.4 Å². The van der Waals surface area contributed by atoms with Crippen molar-refractivity contribution >= 4 is 5.91 Å². The number of aliphatic hydroxyl groups is 1. The fraction of sp³-hybridized carbons (Fsp3) is 0.320. The maximum atomic E-state index is 13.0. The second kappa shape index (κ2) is 8.13. The molecule has 0 atom stereocenters. The van der Waals surface area contributed by atoms with E-state index in [1.807, 2.05) is 24.3 Å². The molecule has 0 aliphatic heterocycles. The fourth-order valence-corrected chi connectivity index (χ4v) is 4.73. The van der Waals surface area contributed by atoms with Gasteiger partial charge in [-0.15, -0.1) is 0 Å². The Balaban J connectivity index is 1.43. The van der Waals surface area contributed by atoms with E-state index in [1.165, 1.54) is 0 Å². The zero-order chi connectivity index (χ0) is 22.2. The van der Waals surface area contributed by atoms with Crippen LogP contribution in [0.4, 0.5) is 0 Å². The third-order valence-corrected chi connectivity index (χ3v) is 6.49. The van der Waals surface area contributed by atoms with Crippen LogP contribution < -0.4 is 10.1 Å². The Morgan fingerprint density at radius 2 is 1.97 bits per heavy atom. The highest BCUT2D eigenvalue weighted by Gasteiger charge is 2.29. The van der Waals surface area contributed by atoms with Crippen LogP contribution in [-0.2, 0) is 6.42 Å². The summed E-state index contributed by atoms with van der Waals surface area (Å²) in [5, 5.41) is 29.5. The predicted octanol–water partition coefficient (Wildman–Crippen LogP) is 3.56. The number of amides is 1. The summed E-state index contributed by atoms with van der Waals surface area (Å²) in [6.07, 6.45) is 3.40. The molecular formula is C25H24N4O3. The lowest BCUT2D eigenvalue weighted by molar-refractivity contribution is 0.0865. The molecule has 1 fully saturated rings. The van der Waals surface area contributed by atoms with Gasteiger partial charge in [0.1, 0.15) is 5.75 Å². The van der Waals surface area contributed by atoms with Crippen LogP contribution in [0.5, 0.6) is 5.75 Å². The molecule has 3 aromatic rings. The van der Waals surface area contributed by atoms with Crippen LogP contribution in [0.2, 0.25) is 0 Å². The summed E-state index contributed by atoms with van der Waals surface area (Å²) in [4.78, 5) is 13.0. The highest BCUT2D eigenvalue weighted by molar-refractivity contribution is 5.99. The fourth-order valence-electron chi connectivity index (χ4n) is 4.73. The predicted molar refractivity (Wildman–Crippen MR) is 119 cm³/mol. The van der Waals surface area contributed by atoms with Gasteiger partial charge in [0.15, 0.2) is 0 Å². The maximum absolute atomic E-state index is 13.0.